The summed E-state index contributed by atoms with van der Waals surface area (Å²) in [5.74, 6) is 0.634. The first-order valence-electron chi connectivity index (χ1n) is 6.45. The number of likely N-dealkylation sites (tertiary alicyclic amines) is 1. The number of piperidine rings is 1. The second-order valence-corrected chi connectivity index (χ2v) is 6.42. The minimum atomic E-state index is 0.0455. The van der Waals surface area contributed by atoms with E-state index in [1.54, 1.807) is 12.1 Å². The Morgan fingerprint density at radius 3 is 2.95 bits per heavy atom. The molecule has 1 atom stereocenters. The van der Waals surface area contributed by atoms with Crippen LogP contribution in [0.2, 0.25) is 5.02 Å². The highest BCUT2D eigenvalue weighted by atomic mass is 79.9. The number of nitrogens with zero attached hydrogens (tertiary/aromatic N) is 1. The Bertz CT molecular complexity index is 465. The fourth-order valence-corrected chi connectivity index (χ4v) is 3.35. The first-order valence-corrected chi connectivity index (χ1v) is 8.16. The number of alkyl halides is 1. The summed E-state index contributed by atoms with van der Waals surface area (Å²) >= 11 is 15.2. The number of carbonyl (C=O) groups excluding carboxylic acids is 1. The third kappa shape index (κ3) is 3.65. The average Bonchev–Trinajstić information content (AvgIpc) is 2.42. The Hall–Kier alpha value is -0.250. The fraction of sp³-hybridized carbons (Fsp3) is 0.500. The molecule has 1 aliphatic heterocycles. The van der Waals surface area contributed by atoms with Gasteiger partial charge in [-0.05, 0) is 59.8 Å². The molecule has 0 N–H and O–H groups in total. The maximum Gasteiger partial charge on any atom is 0.255 e. The van der Waals surface area contributed by atoms with Crippen LogP contribution < -0.4 is 0 Å². The van der Waals surface area contributed by atoms with E-state index in [0.29, 0.717) is 16.5 Å². The highest BCUT2D eigenvalue weighted by Gasteiger charge is 2.28. The van der Waals surface area contributed by atoms with Gasteiger partial charge in [0.15, 0.2) is 0 Å². The summed E-state index contributed by atoms with van der Waals surface area (Å²) in [6.45, 7) is 0.805. The molecular weight excluding hydrogens is 349 g/mol. The molecule has 1 unspecified atom stereocenters. The molecule has 0 aliphatic carbocycles. The molecule has 1 heterocycles. The van der Waals surface area contributed by atoms with E-state index in [-0.39, 0.29) is 11.9 Å². The van der Waals surface area contributed by atoms with Gasteiger partial charge in [0.2, 0.25) is 0 Å². The Morgan fingerprint density at radius 2 is 2.21 bits per heavy atom. The van der Waals surface area contributed by atoms with E-state index in [9.17, 15) is 4.79 Å². The lowest BCUT2D eigenvalue weighted by Gasteiger charge is -2.35. The van der Waals surface area contributed by atoms with Crippen LogP contribution in [-0.2, 0) is 0 Å². The van der Waals surface area contributed by atoms with Gasteiger partial charge in [-0.3, -0.25) is 4.79 Å². The first-order chi connectivity index (χ1) is 9.13. The average molecular weight is 365 g/mol. The van der Waals surface area contributed by atoms with Crippen molar-refractivity contribution < 1.29 is 4.79 Å². The smallest absolute Gasteiger partial charge is 0.255 e. The molecule has 2 rings (SSSR count). The van der Waals surface area contributed by atoms with Gasteiger partial charge in [0.1, 0.15) is 0 Å². The lowest BCUT2D eigenvalue weighted by molar-refractivity contribution is 0.0608. The van der Waals surface area contributed by atoms with Crippen molar-refractivity contribution in [3.8, 4) is 0 Å². The van der Waals surface area contributed by atoms with Crippen molar-refractivity contribution in [2.24, 2.45) is 0 Å². The normalized spacial score (nSPS) is 19.5. The topological polar surface area (TPSA) is 20.3 Å². The predicted molar refractivity (Wildman–Crippen MR) is 83.2 cm³/mol. The minimum Gasteiger partial charge on any atom is -0.336 e. The highest BCUT2D eigenvalue weighted by Crippen LogP contribution is 2.27. The SMILES string of the molecule is O=C(c1cc(Cl)ccc1Br)N1CCCCC1CCCl. The molecular formula is C14H16BrCl2NO. The van der Waals surface area contributed by atoms with Crippen LogP contribution in [0, 0.1) is 0 Å². The van der Waals surface area contributed by atoms with Gasteiger partial charge in [0.05, 0.1) is 5.56 Å². The van der Waals surface area contributed by atoms with E-state index in [4.69, 9.17) is 23.2 Å². The number of benzene rings is 1. The maximum atomic E-state index is 12.7. The van der Waals surface area contributed by atoms with Crippen molar-refractivity contribution in [1.82, 2.24) is 4.90 Å². The molecule has 104 valence electrons. The van der Waals surface area contributed by atoms with Gasteiger partial charge in [0.25, 0.3) is 5.91 Å². The zero-order valence-corrected chi connectivity index (χ0v) is 13.6. The van der Waals surface area contributed by atoms with Crippen molar-refractivity contribution in [1.29, 1.82) is 0 Å². The number of hydrogen-bond acceptors (Lipinski definition) is 1. The second kappa shape index (κ2) is 6.96. The van der Waals surface area contributed by atoms with Crippen LogP contribution in [0.25, 0.3) is 0 Å². The van der Waals surface area contributed by atoms with Crippen LogP contribution in [0.3, 0.4) is 0 Å². The molecule has 0 spiro atoms. The van der Waals surface area contributed by atoms with E-state index in [1.807, 2.05) is 11.0 Å². The zero-order valence-electron chi connectivity index (χ0n) is 10.5. The Balaban J connectivity index is 2.23. The minimum absolute atomic E-state index is 0.0455. The summed E-state index contributed by atoms with van der Waals surface area (Å²) in [5.41, 5.74) is 0.633. The highest BCUT2D eigenvalue weighted by molar-refractivity contribution is 9.10. The molecule has 2 nitrogen and oxygen atoms in total. The van der Waals surface area contributed by atoms with Crippen LogP contribution in [0.5, 0.6) is 0 Å². The standard InChI is InChI=1S/C14H16BrCl2NO/c15-13-5-4-10(17)9-12(13)14(19)18-8-2-1-3-11(18)6-7-16/h4-5,9,11H,1-3,6-8H2. The summed E-state index contributed by atoms with van der Waals surface area (Å²) in [4.78, 5) is 14.6. The van der Waals surface area contributed by atoms with E-state index < -0.39 is 0 Å². The number of amides is 1. The molecule has 1 aliphatic rings. The van der Waals surface area contributed by atoms with Gasteiger partial charge in [-0.15, -0.1) is 11.6 Å². The summed E-state index contributed by atoms with van der Waals surface area (Å²) < 4.78 is 0.789. The first kappa shape index (κ1) is 15.1. The number of hydrogen-bond donors (Lipinski definition) is 0. The van der Waals surface area contributed by atoms with Crippen molar-refractivity contribution in [3.63, 3.8) is 0 Å². The zero-order chi connectivity index (χ0) is 13.8. The quantitative estimate of drug-likeness (QED) is 0.710. The lowest BCUT2D eigenvalue weighted by atomic mass is 9.99. The predicted octanol–water partition coefficient (Wildman–Crippen LogP) is 4.73. The number of carbonyl (C=O) groups is 1. The van der Waals surface area contributed by atoms with Gasteiger partial charge in [-0.2, -0.15) is 0 Å². The Labute approximate surface area is 132 Å². The van der Waals surface area contributed by atoms with Crippen LogP contribution in [0.4, 0.5) is 0 Å². The van der Waals surface area contributed by atoms with E-state index >= 15 is 0 Å². The monoisotopic (exact) mass is 363 g/mol. The van der Waals surface area contributed by atoms with Crippen LogP contribution in [0.1, 0.15) is 36.0 Å². The van der Waals surface area contributed by atoms with Crippen LogP contribution in [-0.4, -0.2) is 29.3 Å². The van der Waals surface area contributed by atoms with Crippen LogP contribution in [0.15, 0.2) is 22.7 Å². The molecule has 1 fully saturated rings. The molecule has 0 saturated carbocycles. The molecule has 0 radical (unpaired) electrons. The summed E-state index contributed by atoms with van der Waals surface area (Å²) in [6.07, 6.45) is 4.12. The van der Waals surface area contributed by atoms with Gasteiger partial charge >= 0.3 is 0 Å². The maximum absolute atomic E-state index is 12.7. The number of rotatable bonds is 3. The Kier molecular flexibility index (Phi) is 5.55. The molecule has 1 saturated heterocycles. The van der Waals surface area contributed by atoms with Gasteiger partial charge in [-0.1, -0.05) is 11.6 Å². The molecule has 0 aromatic heterocycles. The van der Waals surface area contributed by atoms with Gasteiger partial charge in [0, 0.05) is 28.0 Å². The fourth-order valence-electron chi connectivity index (χ4n) is 2.51. The van der Waals surface area contributed by atoms with Crippen molar-refractivity contribution in [2.75, 3.05) is 12.4 Å². The summed E-state index contributed by atoms with van der Waals surface area (Å²) in [5, 5.41) is 0.581. The largest absolute Gasteiger partial charge is 0.336 e. The van der Waals surface area contributed by atoms with E-state index in [1.165, 1.54) is 6.42 Å². The van der Waals surface area contributed by atoms with Gasteiger partial charge < -0.3 is 4.90 Å². The third-order valence-electron chi connectivity index (χ3n) is 3.49. The second-order valence-electron chi connectivity index (χ2n) is 4.75. The molecule has 5 heteroatoms. The van der Waals surface area contributed by atoms with E-state index in [2.05, 4.69) is 15.9 Å². The Morgan fingerprint density at radius 1 is 1.42 bits per heavy atom. The molecule has 1 amide bonds. The molecule has 0 bridgehead atoms. The van der Waals surface area contributed by atoms with Crippen molar-refractivity contribution in [3.05, 3.63) is 33.3 Å². The molecule has 19 heavy (non-hydrogen) atoms. The molecule has 1 aromatic rings. The summed E-state index contributed by atoms with van der Waals surface area (Å²) in [6, 6.07) is 5.57. The summed E-state index contributed by atoms with van der Waals surface area (Å²) in [7, 11) is 0. The third-order valence-corrected chi connectivity index (χ3v) is 4.63. The van der Waals surface area contributed by atoms with Gasteiger partial charge in [-0.25, -0.2) is 0 Å². The number of halogens is 3. The van der Waals surface area contributed by atoms with Crippen LogP contribution >= 0.6 is 39.1 Å². The van der Waals surface area contributed by atoms with E-state index in [0.717, 1.165) is 30.3 Å². The van der Waals surface area contributed by atoms with Crippen molar-refractivity contribution in [2.45, 2.75) is 31.7 Å². The lowest BCUT2D eigenvalue weighted by Crippen LogP contribution is -2.44. The van der Waals surface area contributed by atoms with Crippen molar-refractivity contribution >= 4 is 45.0 Å². The molecule has 1 aromatic carbocycles.